The van der Waals surface area contributed by atoms with Crippen LogP contribution in [0.5, 0.6) is 0 Å². The maximum Gasteiger partial charge on any atom is 0.0720 e. The van der Waals surface area contributed by atoms with Crippen molar-refractivity contribution in [1.82, 2.24) is 0 Å². The van der Waals surface area contributed by atoms with Crippen LogP contribution in [0.4, 0.5) is 0 Å². The molecule has 1 fully saturated rings. The van der Waals surface area contributed by atoms with Crippen molar-refractivity contribution < 1.29 is 0 Å². The molecule has 1 aromatic carbocycles. The van der Waals surface area contributed by atoms with Crippen LogP contribution >= 0.6 is 0 Å². The molecule has 1 nitrogen and oxygen atoms in total. The monoisotopic (exact) mass is 215 g/mol. The van der Waals surface area contributed by atoms with E-state index in [0.29, 0.717) is 12.0 Å². The van der Waals surface area contributed by atoms with Gasteiger partial charge in [0.05, 0.1) is 6.04 Å². The number of nitrogens with zero attached hydrogens (tertiary/aromatic N) is 1. The number of rotatable bonds is 2. The predicted octanol–water partition coefficient (Wildman–Crippen LogP) is 4.40. The molecule has 1 aliphatic rings. The van der Waals surface area contributed by atoms with E-state index in [0.717, 1.165) is 0 Å². The summed E-state index contributed by atoms with van der Waals surface area (Å²) in [5.41, 5.74) is 2.76. The summed E-state index contributed by atoms with van der Waals surface area (Å²) in [5.74, 6) is 0.694. The van der Waals surface area contributed by atoms with Gasteiger partial charge >= 0.3 is 0 Å². The van der Waals surface area contributed by atoms with Crippen LogP contribution in [0.3, 0.4) is 0 Å². The Hall–Kier alpha value is -1.11. The third kappa shape index (κ3) is 2.72. The molecule has 1 aliphatic carbocycles. The van der Waals surface area contributed by atoms with E-state index in [1.807, 2.05) is 0 Å². The minimum absolute atomic E-state index is 0.316. The van der Waals surface area contributed by atoms with Crippen LogP contribution in [0.1, 0.15) is 51.1 Å². The molecule has 0 bridgehead atoms. The summed E-state index contributed by atoms with van der Waals surface area (Å²) >= 11 is 0. The molecule has 0 N–H and O–H groups in total. The van der Waals surface area contributed by atoms with E-state index in [2.05, 4.69) is 44.2 Å². The number of hydrogen-bond acceptors (Lipinski definition) is 1. The summed E-state index contributed by atoms with van der Waals surface area (Å²) in [5, 5.41) is 0. The molecule has 16 heavy (non-hydrogen) atoms. The van der Waals surface area contributed by atoms with Crippen molar-refractivity contribution in [3.63, 3.8) is 0 Å². The quantitative estimate of drug-likeness (QED) is 0.693. The van der Waals surface area contributed by atoms with Crippen LogP contribution in [0.2, 0.25) is 0 Å². The van der Waals surface area contributed by atoms with Crippen LogP contribution in [0, 0.1) is 5.92 Å². The van der Waals surface area contributed by atoms with E-state index in [-0.39, 0.29) is 0 Å². The molecular formula is C15H21N. The second-order valence-corrected chi connectivity index (χ2v) is 4.85. The fraction of sp³-hybridized carbons (Fsp3) is 0.533. The third-order valence-corrected chi connectivity index (χ3v) is 3.53. The Bertz CT molecular complexity index is 353. The zero-order chi connectivity index (χ0) is 11.4. The smallest absolute Gasteiger partial charge is 0.0720 e. The zero-order valence-corrected chi connectivity index (χ0v) is 10.3. The summed E-state index contributed by atoms with van der Waals surface area (Å²) in [4.78, 5) is 4.90. The highest BCUT2D eigenvalue weighted by atomic mass is 14.8. The van der Waals surface area contributed by atoms with E-state index in [1.54, 1.807) is 0 Å². The van der Waals surface area contributed by atoms with E-state index in [1.165, 1.54) is 37.0 Å². The standard InChI is InChI=1S/C15H21N/c1-12-8-6-7-11-15(12)16-13(2)14-9-4-3-5-10-14/h3-5,9-10,12-13H,6-8,11H2,1-2H3/t12-,13-/m0/s1. The lowest BCUT2D eigenvalue weighted by Gasteiger charge is -2.22. The average Bonchev–Trinajstić information content (AvgIpc) is 2.33. The highest BCUT2D eigenvalue weighted by Gasteiger charge is 2.16. The van der Waals surface area contributed by atoms with Crippen molar-refractivity contribution in [2.24, 2.45) is 10.9 Å². The van der Waals surface area contributed by atoms with Gasteiger partial charge in [-0.15, -0.1) is 0 Å². The van der Waals surface area contributed by atoms with E-state index >= 15 is 0 Å². The summed E-state index contributed by atoms with van der Waals surface area (Å²) in [6, 6.07) is 10.9. The lowest BCUT2D eigenvalue weighted by molar-refractivity contribution is 0.552. The summed E-state index contributed by atoms with van der Waals surface area (Å²) < 4.78 is 0. The van der Waals surface area contributed by atoms with Crippen LogP contribution in [-0.4, -0.2) is 5.71 Å². The maximum atomic E-state index is 4.90. The second kappa shape index (κ2) is 5.29. The molecule has 0 aromatic heterocycles. The van der Waals surface area contributed by atoms with Crippen LogP contribution < -0.4 is 0 Å². The molecule has 0 saturated heterocycles. The molecule has 1 saturated carbocycles. The maximum absolute atomic E-state index is 4.90. The Kier molecular flexibility index (Phi) is 3.76. The van der Waals surface area contributed by atoms with Crippen LogP contribution in [0.25, 0.3) is 0 Å². The first kappa shape index (κ1) is 11.4. The molecule has 0 heterocycles. The Morgan fingerprint density at radius 3 is 2.62 bits per heavy atom. The van der Waals surface area contributed by atoms with E-state index in [4.69, 9.17) is 4.99 Å². The van der Waals surface area contributed by atoms with Crippen molar-refractivity contribution >= 4 is 5.71 Å². The van der Waals surface area contributed by atoms with Gasteiger partial charge < -0.3 is 0 Å². The Balaban J connectivity index is 2.10. The highest BCUT2D eigenvalue weighted by molar-refractivity contribution is 5.87. The summed E-state index contributed by atoms with van der Waals surface area (Å²) in [7, 11) is 0. The van der Waals surface area contributed by atoms with Gasteiger partial charge in [-0.05, 0) is 37.7 Å². The Morgan fingerprint density at radius 2 is 1.94 bits per heavy atom. The van der Waals surface area contributed by atoms with Crippen molar-refractivity contribution in [3.05, 3.63) is 35.9 Å². The first-order valence-corrected chi connectivity index (χ1v) is 6.39. The highest BCUT2D eigenvalue weighted by Crippen LogP contribution is 2.25. The van der Waals surface area contributed by atoms with Crippen molar-refractivity contribution in [2.45, 2.75) is 45.6 Å². The van der Waals surface area contributed by atoms with Gasteiger partial charge in [-0.3, -0.25) is 4.99 Å². The van der Waals surface area contributed by atoms with Crippen molar-refractivity contribution in [1.29, 1.82) is 0 Å². The number of aliphatic imine (C=N–C) groups is 1. The lowest BCUT2D eigenvalue weighted by Crippen LogP contribution is -2.17. The Morgan fingerprint density at radius 1 is 1.19 bits per heavy atom. The molecule has 2 atom stereocenters. The van der Waals surface area contributed by atoms with Crippen molar-refractivity contribution in [2.75, 3.05) is 0 Å². The average molecular weight is 215 g/mol. The molecule has 0 aliphatic heterocycles. The van der Waals surface area contributed by atoms with E-state index in [9.17, 15) is 0 Å². The molecule has 0 unspecified atom stereocenters. The summed E-state index contributed by atoms with van der Waals surface area (Å²) in [6.07, 6.45) is 5.23. The fourth-order valence-electron chi connectivity index (χ4n) is 2.42. The molecule has 2 rings (SSSR count). The van der Waals surface area contributed by atoms with E-state index < -0.39 is 0 Å². The van der Waals surface area contributed by atoms with Gasteiger partial charge in [0.15, 0.2) is 0 Å². The van der Waals surface area contributed by atoms with Crippen LogP contribution in [-0.2, 0) is 0 Å². The van der Waals surface area contributed by atoms with Gasteiger partial charge in [0.1, 0.15) is 0 Å². The minimum atomic E-state index is 0.316. The molecule has 86 valence electrons. The SMILES string of the molecule is C[C@H](N=C1CCCC[C@@H]1C)c1ccccc1. The van der Waals surface area contributed by atoms with Crippen molar-refractivity contribution in [3.8, 4) is 0 Å². The summed E-state index contributed by atoms with van der Waals surface area (Å²) in [6.45, 7) is 4.51. The minimum Gasteiger partial charge on any atom is -0.286 e. The largest absolute Gasteiger partial charge is 0.286 e. The fourth-order valence-corrected chi connectivity index (χ4v) is 2.42. The third-order valence-electron chi connectivity index (χ3n) is 3.53. The molecular weight excluding hydrogens is 194 g/mol. The van der Waals surface area contributed by atoms with Gasteiger partial charge in [0.2, 0.25) is 0 Å². The number of benzene rings is 1. The van der Waals surface area contributed by atoms with Gasteiger partial charge in [-0.1, -0.05) is 43.7 Å². The van der Waals surface area contributed by atoms with Gasteiger partial charge in [0.25, 0.3) is 0 Å². The Labute approximate surface area is 98.6 Å². The lowest BCUT2D eigenvalue weighted by atomic mass is 9.88. The van der Waals surface area contributed by atoms with Gasteiger partial charge in [0, 0.05) is 5.71 Å². The normalized spacial score (nSPS) is 25.6. The molecule has 1 aromatic rings. The van der Waals surface area contributed by atoms with Crippen LogP contribution in [0.15, 0.2) is 35.3 Å². The molecule has 0 spiro atoms. The zero-order valence-electron chi connectivity index (χ0n) is 10.3. The molecule has 0 amide bonds. The molecule has 1 heteroatoms. The first-order valence-electron chi connectivity index (χ1n) is 6.39. The number of hydrogen-bond donors (Lipinski definition) is 0. The van der Waals surface area contributed by atoms with Gasteiger partial charge in [-0.25, -0.2) is 0 Å². The topological polar surface area (TPSA) is 12.4 Å². The molecule has 0 radical (unpaired) electrons. The predicted molar refractivity (Wildman–Crippen MR) is 69.9 cm³/mol. The first-order chi connectivity index (χ1) is 7.77. The second-order valence-electron chi connectivity index (χ2n) is 4.85. The van der Waals surface area contributed by atoms with Gasteiger partial charge in [-0.2, -0.15) is 0 Å².